The summed E-state index contributed by atoms with van der Waals surface area (Å²) < 4.78 is 4.81. The van der Waals surface area contributed by atoms with Crippen molar-refractivity contribution < 1.29 is 9.53 Å². The Balaban J connectivity index is 3.90. The molecule has 0 aliphatic carbocycles. The van der Waals surface area contributed by atoms with Crippen molar-refractivity contribution in [2.24, 2.45) is 5.92 Å². The fraction of sp³-hybridized carbons (Fsp3) is 0.364. The highest BCUT2D eigenvalue weighted by Crippen LogP contribution is 2.00. The van der Waals surface area contributed by atoms with Gasteiger partial charge >= 0.3 is 5.97 Å². The van der Waals surface area contributed by atoms with Crippen LogP contribution in [-0.4, -0.2) is 12.6 Å². The zero-order valence-electron chi connectivity index (χ0n) is 8.07. The highest BCUT2D eigenvalue weighted by molar-refractivity contribution is 5.73. The summed E-state index contributed by atoms with van der Waals surface area (Å²) in [6, 6.07) is 0. The van der Waals surface area contributed by atoms with Gasteiger partial charge in [-0.2, -0.15) is 0 Å². The van der Waals surface area contributed by atoms with Gasteiger partial charge in [0.2, 0.25) is 0 Å². The minimum absolute atomic E-state index is 0.205. The Hall–Kier alpha value is -1.31. The van der Waals surface area contributed by atoms with Gasteiger partial charge in [0, 0.05) is 0 Å². The molecule has 1 atom stereocenters. The van der Waals surface area contributed by atoms with E-state index in [0.717, 1.165) is 0 Å². The van der Waals surface area contributed by atoms with Gasteiger partial charge in [0.15, 0.2) is 0 Å². The van der Waals surface area contributed by atoms with E-state index in [1.165, 1.54) is 6.08 Å². The molecule has 0 amide bonds. The van der Waals surface area contributed by atoms with Gasteiger partial charge in [-0.25, -0.2) is 0 Å². The third kappa shape index (κ3) is 5.91. The SMILES string of the molecule is [CH]=CC=CC=CC(C)C(=O)OCC. The Labute approximate surface area is 79.6 Å². The number of carbonyl (C=O) groups excluding carboxylic acids is 1. The van der Waals surface area contributed by atoms with E-state index in [9.17, 15) is 4.79 Å². The van der Waals surface area contributed by atoms with Crippen molar-refractivity contribution in [3.8, 4) is 0 Å². The third-order valence-corrected chi connectivity index (χ3v) is 1.39. The number of hydrogen-bond donors (Lipinski definition) is 0. The van der Waals surface area contributed by atoms with Crippen LogP contribution in [-0.2, 0) is 9.53 Å². The molecule has 1 radical (unpaired) electrons. The first-order chi connectivity index (χ1) is 6.22. The molecule has 0 aliphatic rings. The summed E-state index contributed by atoms with van der Waals surface area (Å²) in [5.41, 5.74) is 0. The van der Waals surface area contributed by atoms with Crippen LogP contribution >= 0.6 is 0 Å². The Morgan fingerprint density at radius 3 is 2.69 bits per heavy atom. The summed E-state index contributed by atoms with van der Waals surface area (Å²) in [5.74, 6) is -0.411. The molecule has 0 N–H and O–H groups in total. The van der Waals surface area contributed by atoms with E-state index in [0.29, 0.717) is 6.61 Å². The van der Waals surface area contributed by atoms with E-state index in [1.54, 1.807) is 38.2 Å². The van der Waals surface area contributed by atoms with Crippen LogP contribution in [0, 0.1) is 12.5 Å². The van der Waals surface area contributed by atoms with Gasteiger partial charge in [-0.1, -0.05) is 37.0 Å². The smallest absolute Gasteiger partial charge is 0.312 e. The number of esters is 1. The van der Waals surface area contributed by atoms with E-state index in [2.05, 4.69) is 0 Å². The van der Waals surface area contributed by atoms with Gasteiger partial charge < -0.3 is 4.74 Å². The molecule has 71 valence electrons. The summed E-state index contributed by atoms with van der Waals surface area (Å²) in [6.07, 6.45) is 8.41. The Morgan fingerprint density at radius 2 is 2.15 bits per heavy atom. The molecule has 2 heteroatoms. The molecule has 0 spiro atoms. The van der Waals surface area contributed by atoms with Crippen molar-refractivity contribution in [1.29, 1.82) is 0 Å². The molecule has 0 aliphatic heterocycles. The lowest BCUT2D eigenvalue weighted by Gasteiger charge is -2.04. The Bertz CT molecular complexity index is 214. The summed E-state index contributed by atoms with van der Waals surface area (Å²) in [7, 11) is 0. The number of ether oxygens (including phenoxy) is 1. The maximum Gasteiger partial charge on any atom is 0.312 e. The van der Waals surface area contributed by atoms with E-state index in [1.807, 2.05) is 0 Å². The molecular weight excluding hydrogens is 164 g/mol. The van der Waals surface area contributed by atoms with Crippen molar-refractivity contribution >= 4 is 5.97 Å². The summed E-state index contributed by atoms with van der Waals surface area (Å²) >= 11 is 0. The summed E-state index contributed by atoms with van der Waals surface area (Å²) in [5, 5.41) is 0. The number of carbonyl (C=O) groups is 1. The Kier molecular flexibility index (Phi) is 6.60. The number of rotatable bonds is 5. The highest BCUT2D eigenvalue weighted by Gasteiger charge is 2.08. The zero-order valence-corrected chi connectivity index (χ0v) is 8.07. The van der Waals surface area contributed by atoms with Gasteiger partial charge in [-0.3, -0.25) is 4.79 Å². The maximum absolute atomic E-state index is 11.1. The quantitative estimate of drug-likeness (QED) is 0.478. The van der Waals surface area contributed by atoms with E-state index in [4.69, 9.17) is 11.3 Å². The van der Waals surface area contributed by atoms with Crippen molar-refractivity contribution in [2.75, 3.05) is 6.61 Å². The average molecular weight is 179 g/mol. The molecule has 0 bridgehead atoms. The second-order valence-electron chi connectivity index (χ2n) is 2.50. The Morgan fingerprint density at radius 1 is 1.46 bits per heavy atom. The van der Waals surface area contributed by atoms with Crippen molar-refractivity contribution in [1.82, 2.24) is 0 Å². The first-order valence-electron chi connectivity index (χ1n) is 4.27. The lowest BCUT2D eigenvalue weighted by molar-refractivity contribution is -0.145. The molecule has 2 nitrogen and oxygen atoms in total. The molecule has 0 rings (SSSR count). The molecule has 0 heterocycles. The molecule has 0 aromatic heterocycles. The van der Waals surface area contributed by atoms with Crippen LogP contribution in [0.25, 0.3) is 0 Å². The third-order valence-electron chi connectivity index (χ3n) is 1.39. The largest absolute Gasteiger partial charge is 0.466 e. The lowest BCUT2D eigenvalue weighted by Crippen LogP contribution is -2.12. The standard InChI is InChI=1S/C11H15O2/c1-4-6-7-8-9-10(3)11(12)13-5-2/h1,4,6-10H,5H2,2-3H3. The maximum atomic E-state index is 11.1. The molecule has 0 saturated carbocycles. The van der Waals surface area contributed by atoms with Crippen LogP contribution in [0.4, 0.5) is 0 Å². The summed E-state index contributed by atoms with van der Waals surface area (Å²) in [6.45, 7) is 9.11. The fourth-order valence-corrected chi connectivity index (χ4v) is 0.711. The van der Waals surface area contributed by atoms with Crippen LogP contribution in [0.3, 0.4) is 0 Å². The average Bonchev–Trinajstić information content (AvgIpc) is 2.12. The monoisotopic (exact) mass is 179 g/mol. The van der Waals surface area contributed by atoms with Crippen LogP contribution < -0.4 is 0 Å². The molecule has 1 unspecified atom stereocenters. The number of hydrogen-bond acceptors (Lipinski definition) is 2. The predicted molar refractivity (Wildman–Crippen MR) is 52.9 cm³/mol. The molecular formula is C11H15O2. The highest BCUT2D eigenvalue weighted by atomic mass is 16.5. The van der Waals surface area contributed by atoms with Crippen molar-refractivity contribution in [3.05, 3.63) is 37.0 Å². The second kappa shape index (κ2) is 7.35. The van der Waals surface area contributed by atoms with Gasteiger partial charge in [0.1, 0.15) is 0 Å². The minimum Gasteiger partial charge on any atom is -0.466 e. The topological polar surface area (TPSA) is 26.3 Å². The molecule has 13 heavy (non-hydrogen) atoms. The van der Waals surface area contributed by atoms with Gasteiger partial charge in [0.25, 0.3) is 0 Å². The summed E-state index contributed by atoms with van der Waals surface area (Å²) in [4.78, 5) is 11.1. The zero-order chi connectivity index (χ0) is 10.1. The van der Waals surface area contributed by atoms with Crippen molar-refractivity contribution in [3.63, 3.8) is 0 Å². The van der Waals surface area contributed by atoms with Gasteiger partial charge in [-0.05, 0) is 13.8 Å². The molecule has 0 saturated heterocycles. The normalized spacial score (nSPS) is 13.4. The molecule has 0 aromatic rings. The van der Waals surface area contributed by atoms with E-state index < -0.39 is 0 Å². The van der Waals surface area contributed by atoms with Crippen LogP contribution in [0.5, 0.6) is 0 Å². The first kappa shape index (κ1) is 11.7. The van der Waals surface area contributed by atoms with Crippen LogP contribution in [0.15, 0.2) is 30.4 Å². The predicted octanol–water partition coefficient (Wildman–Crippen LogP) is 2.29. The second-order valence-corrected chi connectivity index (χ2v) is 2.50. The minimum atomic E-state index is -0.206. The molecule has 0 fully saturated rings. The van der Waals surface area contributed by atoms with Crippen LogP contribution in [0.1, 0.15) is 13.8 Å². The van der Waals surface area contributed by atoms with Crippen molar-refractivity contribution in [2.45, 2.75) is 13.8 Å². The fourth-order valence-electron chi connectivity index (χ4n) is 0.711. The molecule has 0 aromatic carbocycles. The lowest BCUT2D eigenvalue weighted by atomic mass is 10.1. The number of allylic oxidation sites excluding steroid dienone is 4. The van der Waals surface area contributed by atoms with E-state index in [-0.39, 0.29) is 11.9 Å². The van der Waals surface area contributed by atoms with Gasteiger partial charge in [-0.15, -0.1) is 0 Å². The van der Waals surface area contributed by atoms with Crippen LogP contribution in [0.2, 0.25) is 0 Å². The first-order valence-corrected chi connectivity index (χ1v) is 4.27. The van der Waals surface area contributed by atoms with Gasteiger partial charge in [0.05, 0.1) is 12.5 Å². The van der Waals surface area contributed by atoms with E-state index >= 15 is 0 Å².